The Balaban J connectivity index is 2.33. The molecule has 3 heteroatoms. The third kappa shape index (κ3) is 4.90. The van der Waals surface area contributed by atoms with E-state index in [2.05, 4.69) is 28.2 Å². The van der Waals surface area contributed by atoms with Gasteiger partial charge in [-0.2, -0.15) is 0 Å². The second kappa shape index (κ2) is 7.49. The van der Waals surface area contributed by atoms with Crippen LogP contribution in [-0.4, -0.2) is 17.8 Å². The Labute approximate surface area is 112 Å². The van der Waals surface area contributed by atoms with Crippen LogP contribution in [0, 0.1) is 12.8 Å². The Kier molecular flexibility index (Phi) is 6.27. The van der Waals surface area contributed by atoms with E-state index in [1.54, 1.807) is 0 Å². The Morgan fingerprint density at radius 3 is 2.76 bits per heavy atom. The molecule has 94 valence electrons. The quantitative estimate of drug-likeness (QED) is 0.631. The van der Waals surface area contributed by atoms with Crippen LogP contribution in [0.3, 0.4) is 0 Å². The lowest BCUT2D eigenvalue weighted by molar-refractivity contribution is 0.0952. The first-order valence-electron chi connectivity index (χ1n) is 6.05. The molecule has 0 spiro atoms. The highest BCUT2D eigenvalue weighted by Gasteiger charge is 2.07. The van der Waals surface area contributed by atoms with E-state index in [9.17, 15) is 4.79 Å². The van der Waals surface area contributed by atoms with Gasteiger partial charge in [0, 0.05) is 17.4 Å². The fourth-order valence-corrected chi connectivity index (χ4v) is 1.98. The first-order chi connectivity index (χ1) is 8.15. The molecule has 0 aliphatic rings. The summed E-state index contributed by atoms with van der Waals surface area (Å²) >= 11 is 3.45. The van der Waals surface area contributed by atoms with Crippen LogP contribution in [0.2, 0.25) is 0 Å². The highest BCUT2D eigenvalue weighted by Crippen LogP contribution is 2.09. The maximum atomic E-state index is 11.9. The highest BCUT2D eigenvalue weighted by atomic mass is 79.9. The lowest BCUT2D eigenvalue weighted by atomic mass is 10.1. The van der Waals surface area contributed by atoms with Gasteiger partial charge < -0.3 is 5.32 Å². The molecule has 0 fully saturated rings. The lowest BCUT2D eigenvalue weighted by Crippen LogP contribution is -2.25. The molecule has 1 aromatic rings. The summed E-state index contributed by atoms with van der Waals surface area (Å²) in [4.78, 5) is 11.9. The van der Waals surface area contributed by atoms with Gasteiger partial charge in [0.05, 0.1) is 0 Å². The number of benzene rings is 1. The standard InChI is InChI=1S/C14H20BrNO/c1-11(10-15)6-5-9-16-14(17)13-8-4-3-7-12(13)2/h3-4,7-8,11H,5-6,9-10H2,1-2H3,(H,16,17). The Morgan fingerprint density at radius 2 is 2.12 bits per heavy atom. The first kappa shape index (κ1) is 14.2. The van der Waals surface area contributed by atoms with Gasteiger partial charge in [0.25, 0.3) is 5.91 Å². The molecule has 1 amide bonds. The van der Waals surface area contributed by atoms with Gasteiger partial charge in [0.2, 0.25) is 0 Å². The molecule has 1 N–H and O–H groups in total. The van der Waals surface area contributed by atoms with Gasteiger partial charge in [-0.15, -0.1) is 0 Å². The second-order valence-electron chi connectivity index (χ2n) is 4.47. The minimum absolute atomic E-state index is 0.0367. The van der Waals surface area contributed by atoms with Crippen molar-refractivity contribution in [1.29, 1.82) is 0 Å². The molecule has 0 bridgehead atoms. The molecule has 1 unspecified atom stereocenters. The number of nitrogens with one attached hydrogen (secondary N) is 1. The molecule has 0 heterocycles. The predicted molar refractivity (Wildman–Crippen MR) is 75.7 cm³/mol. The Morgan fingerprint density at radius 1 is 1.41 bits per heavy atom. The van der Waals surface area contributed by atoms with E-state index in [0.717, 1.165) is 35.8 Å². The molecule has 17 heavy (non-hydrogen) atoms. The average molecular weight is 298 g/mol. The van der Waals surface area contributed by atoms with Crippen molar-refractivity contribution in [2.75, 3.05) is 11.9 Å². The van der Waals surface area contributed by atoms with Crippen molar-refractivity contribution in [3.63, 3.8) is 0 Å². The Bertz CT molecular complexity index is 365. The number of carbonyl (C=O) groups excluding carboxylic acids is 1. The van der Waals surface area contributed by atoms with Gasteiger partial charge in [0.1, 0.15) is 0 Å². The molecule has 1 rings (SSSR count). The molecular formula is C14H20BrNO. The van der Waals surface area contributed by atoms with Gasteiger partial charge in [-0.3, -0.25) is 4.79 Å². The summed E-state index contributed by atoms with van der Waals surface area (Å²) in [6.07, 6.45) is 2.17. The fourth-order valence-electron chi connectivity index (χ4n) is 1.65. The summed E-state index contributed by atoms with van der Waals surface area (Å²) in [6, 6.07) is 7.67. The first-order valence-corrected chi connectivity index (χ1v) is 7.17. The van der Waals surface area contributed by atoms with Crippen LogP contribution in [0.15, 0.2) is 24.3 Å². The zero-order valence-corrected chi connectivity index (χ0v) is 12.1. The van der Waals surface area contributed by atoms with Crippen molar-refractivity contribution in [2.45, 2.75) is 26.7 Å². The number of amides is 1. The number of alkyl halides is 1. The molecule has 1 aromatic carbocycles. The maximum absolute atomic E-state index is 11.9. The van der Waals surface area contributed by atoms with E-state index in [-0.39, 0.29) is 5.91 Å². The topological polar surface area (TPSA) is 29.1 Å². The fraction of sp³-hybridized carbons (Fsp3) is 0.500. The van der Waals surface area contributed by atoms with Crippen LogP contribution in [0.5, 0.6) is 0 Å². The summed E-state index contributed by atoms with van der Waals surface area (Å²) < 4.78 is 0. The molecule has 1 atom stereocenters. The SMILES string of the molecule is Cc1ccccc1C(=O)NCCCC(C)CBr. The van der Waals surface area contributed by atoms with Gasteiger partial charge in [0.15, 0.2) is 0 Å². The van der Waals surface area contributed by atoms with E-state index in [4.69, 9.17) is 0 Å². The van der Waals surface area contributed by atoms with Crippen molar-refractivity contribution >= 4 is 21.8 Å². The predicted octanol–water partition coefficient (Wildman–Crippen LogP) is 3.54. The second-order valence-corrected chi connectivity index (χ2v) is 5.12. The highest BCUT2D eigenvalue weighted by molar-refractivity contribution is 9.09. The zero-order valence-electron chi connectivity index (χ0n) is 10.5. The number of hydrogen-bond acceptors (Lipinski definition) is 1. The normalized spacial score (nSPS) is 12.2. The minimum atomic E-state index is 0.0367. The van der Waals surface area contributed by atoms with Gasteiger partial charge in [-0.1, -0.05) is 41.1 Å². The van der Waals surface area contributed by atoms with E-state index in [1.807, 2.05) is 31.2 Å². The molecule has 0 radical (unpaired) electrons. The average Bonchev–Trinajstić information content (AvgIpc) is 2.34. The van der Waals surface area contributed by atoms with Crippen LogP contribution in [-0.2, 0) is 0 Å². The summed E-state index contributed by atoms with van der Waals surface area (Å²) in [5, 5.41) is 3.99. The van der Waals surface area contributed by atoms with Crippen LogP contribution < -0.4 is 5.32 Å². The van der Waals surface area contributed by atoms with E-state index in [0.29, 0.717) is 5.92 Å². The van der Waals surface area contributed by atoms with Gasteiger partial charge in [-0.25, -0.2) is 0 Å². The third-order valence-corrected chi connectivity index (χ3v) is 3.92. The van der Waals surface area contributed by atoms with Crippen molar-refractivity contribution in [1.82, 2.24) is 5.32 Å². The number of rotatable bonds is 6. The van der Waals surface area contributed by atoms with E-state index >= 15 is 0 Å². The Hall–Kier alpha value is -0.830. The van der Waals surface area contributed by atoms with E-state index in [1.165, 1.54) is 0 Å². The van der Waals surface area contributed by atoms with E-state index < -0.39 is 0 Å². The summed E-state index contributed by atoms with van der Waals surface area (Å²) in [6.45, 7) is 4.92. The number of halogens is 1. The number of carbonyl (C=O) groups is 1. The van der Waals surface area contributed by atoms with Crippen molar-refractivity contribution in [2.24, 2.45) is 5.92 Å². The minimum Gasteiger partial charge on any atom is -0.352 e. The molecular weight excluding hydrogens is 278 g/mol. The van der Waals surface area contributed by atoms with Crippen LogP contribution in [0.25, 0.3) is 0 Å². The van der Waals surface area contributed by atoms with Crippen molar-refractivity contribution in [3.05, 3.63) is 35.4 Å². The zero-order chi connectivity index (χ0) is 12.7. The van der Waals surface area contributed by atoms with Crippen LogP contribution in [0.4, 0.5) is 0 Å². The largest absolute Gasteiger partial charge is 0.352 e. The van der Waals surface area contributed by atoms with Gasteiger partial charge >= 0.3 is 0 Å². The molecule has 2 nitrogen and oxygen atoms in total. The summed E-state index contributed by atoms with van der Waals surface area (Å²) in [7, 11) is 0. The third-order valence-electron chi connectivity index (χ3n) is 2.81. The van der Waals surface area contributed by atoms with Crippen molar-refractivity contribution in [3.8, 4) is 0 Å². The molecule has 0 saturated heterocycles. The molecule has 0 aliphatic carbocycles. The van der Waals surface area contributed by atoms with Crippen molar-refractivity contribution < 1.29 is 4.79 Å². The van der Waals surface area contributed by atoms with Crippen LogP contribution in [0.1, 0.15) is 35.7 Å². The van der Waals surface area contributed by atoms with Gasteiger partial charge in [-0.05, 0) is 37.3 Å². The monoisotopic (exact) mass is 297 g/mol. The lowest BCUT2D eigenvalue weighted by Gasteiger charge is -2.09. The molecule has 0 saturated carbocycles. The molecule has 0 aromatic heterocycles. The summed E-state index contributed by atoms with van der Waals surface area (Å²) in [5.41, 5.74) is 1.81. The molecule has 0 aliphatic heterocycles. The number of hydrogen-bond donors (Lipinski definition) is 1. The summed E-state index contributed by atoms with van der Waals surface area (Å²) in [5.74, 6) is 0.708. The van der Waals surface area contributed by atoms with Crippen LogP contribution >= 0.6 is 15.9 Å². The smallest absolute Gasteiger partial charge is 0.251 e. The maximum Gasteiger partial charge on any atom is 0.251 e. The number of aryl methyl sites for hydroxylation is 1.